The summed E-state index contributed by atoms with van der Waals surface area (Å²) in [5.74, 6) is 1.62. The van der Waals surface area contributed by atoms with Gasteiger partial charge in [-0.3, -0.25) is 4.79 Å². The molecule has 26 heavy (non-hydrogen) atoms. The van der Waals surface area contributed by atoms with E-state index >= 15 is 0 Å². The van der Waals surface area contributed by atoms with E-state index in [1.54, 1.807) is 14.2 Å². The Balaban J connectivity index is 1.88. The summed E-state index contributed by atoms with van der Waals surface area (Å²) in [5.41, 5.74) is 1.89. The third-order valence-corrected chi connectivity index (χ3v) is 5.07. The largest absolute Gasteiger partial charge is 0.493 e. The number of benzene rings is 2. The van der Waals surface area contributed by atoms with Crippen LogP contribution in [0.25, 0.3) is 10.2 Å². The SMILES string of the molecule is COc1cc2sc(=NC(=O)COc3ccccc3C)n(C)c2cc1OC. The van der Waals surface area contributed by atoms with E-state index in [0.717, 1.165) is 15.8 Å². The second-order valence-corrected chi connectivity index (χ2v) is 6.69. The third kappa shape index (κ3) is 3.57. The van der Waals surface area contributed by atoms with E-state index in [-0.39, 0.29) is 12.5 Å². The molecule has 3 aromatic rings. The van der Waals surface area contributed by atoms with Crippen LogP contribution >= 0.6 is 11.3 Å². The Morgan fingerprint density at radius 3 is 2.50 bits per heavy atom. The fraction of sp³-hybridized carbons (Fsp3) is 0.263. The molecule has 0 aliphatic rings. The molecule has 0 fully saturated rings. The molecule has 2 aromatic carbocycles. The normalized spacial score (nSPS) is 11.6. The van der Waals surface area contributed by atoms with Gasteiger partial charge in [0.1, 0.15) is 5.75 Å². The molecule has 0 N–H and O–H groups in total. The van der Waals surface area contributed by atoms with Gasteiger partial charge in [-0.1, -0.05) is 29.5 Å². The summed E-state index contributed by atoms with van der Waals surface area (Å²) < 4.78 is 19.0. The van der Waals surface area contributed by atoms with Gasteiger partial charge in [0, 0.05) is 19.2 Å². The number of carbonyl (C=O) groups is 1. The van der Waals surface area contributed by atoms with Crippen LogP contribution < -0.4 is 19.0 Å². The van der Waals surface area contributed by atoms with Crippen LogP contribution in [0.4, 0.5) is 0 Å². The molecule has 1 aromatic heterocycles. The highest BCUT2D eigenvalue weighted by Crippen LogP contribution is 2.33. The molecule has 0 unspecified atom stereocenters. The fourth-order valence-electron chi connectivity index (χ4n) is 2.56. The molecule has 0 aliphatic carbocycles. The van der Waals surface area contributed by atoms with Crippen molar-refractivity contribution >= 4 is 27.5 Å². The summed E-state index contributed by atoms with van der Waals surface area (Å²) in [4.78, 5) is 17.0. The summed E-state index contributed by atoms with van der Waals surface area (Å²) in [6.07, 6.45) is 0. The molecule has 1 amide bonds. The highest BCUT2D eigenvalue weighted by Gasteiger charge is 2.11. The number of aromatic nitrogens is 1. The van der Waals surface area contributed by atoms with Gasteiger partial charge in [0.2, 0.25) is 0 Å². The van der Waals surface area contributed by atoms with Crippen LogP contribution in [0.3, 0.4) is 0 Å². The van der Waals surface area contributed by atoms with Crippen molar-refractivity contribution in [2.24, 2.45) is 12.0 Å². The molecule has 0 spiro atoms. The third-order valence-electron chi connectivity index (χ3n) is 3.98. The number of fused-ring (bicyclic) bond motifs is 1. The van der Waals surface area contributed by atoms with Crippen molar-refractivity contribution in [3.05, 3.63) is 46.8 Å². The van der Waals surface area contributed by atoms with E-state index in [2.05, 4.69) is 4.99 Å². The van der Waals surface area contributed by atoms with E-state index < -0.39 is 0 Å². The van der Waals surface area contributed by atoms with Crippen LogP contribution in [0.1, 0.15) is 5.56 Å². The first-order valence-corrected chi connectivity index (χ1v) is 8.82. The maximum absolute atomic E-state index is 12.2. The number of amides is 1. The standard InChI is InChI=1S/C19H20N2O4S/c1-12-7-5-6-8-14(12)25-11-18(22)20-19-21(2)13-9-15(23-3)16(24-4)10-17(13)26-19/h5-10H,11H2,1-4H3. The molecule has 0 saturated carbocycles. The van der Waals surface area contributed by atoms with Crippen LogP contribution in [0.15, 0.2) is 41.4 Å². The van der Waals surface area contributed by atoms with Gasteiger partial charge >= 0.3 is 0 Å². The van der Waals surface area contributed by atoms with Crippen molar-refractivity contribution in [1.82, 2.24) is 4.57 Å². The summed E-state index contributed by atoms with van der Waals surface area (Å²) in [6, 6.07) is 11.3. The maximum atomic E-state index is 12.2. The smallest absolute Gasteiger partial charge is 0.286 e. The molecule has 6 nitrogen and oxygen atoms in total. The Hall–Kier alpha value is -2.80. The van der Waals surface area contributed by atoms with Crippen molar-refractivity contribution in [1.29, 1.82) is 0 Å². The molecule has 0 radical (unpaired) electrons. The predicted octanol–water partition coefficient (Wildman–Crippen LogP) is 3.07. The zero-order valence-corrected chi connectivity index (χ0v) is 15.9. The van der Waals surface area contributed by atoms with Gasteiger partial charge < -0.3 is 18.8 Å². The number of thiazole rings is 1. The second-order valence-electron chi connectivity index (χ2n) is 5.68. The molecule has 1 heterocycles. The monoisotopic (exact) mass is 372 g/mol. The van der Waals surface area contributed by atoms with Gasteiger partial charge in [0.05, 0.1) is 24.4 Å². The van der Waals surface area contributed by atoms with Crippen LogP contribution in [0.5, 0.6) is 17.2 Å². The lowest BCUT2D eigenvalue weighted by molar-refractivity contribution is -0.120. The van der Waals surface area contributed by atoms with Gasteiger partial charge in [-0.2, -0.15) is 4.99 Å². The Morgan fingerprint density at radius 2 is 1.81 bits per heavy atom. The van der Waals surface area contributed by atoms with E-state index in [0.29, 0.717) is 22.0 Å². The van der Waals surface area contributed by atoms with E-state index in [1.165, 1.54) is 11.3 Å². The Kier molecular flexibility index (Phi) is 5.27. The Labute approximate surface area is 155 Å². The lowest BCUT2D eigenvalue weighted by Gasteiger charge is -2.07. The van der Waals surface area contributed by atoms with Crippen LogP contribution in [-0.4, -0.2) is 31.3 Å². The molecular weight excluding hydrogens is 352 g/mol. The van der Waals surface area contributed by atoms with Crippen LogP contribution in [0.2, 0.25) is 0 Å². The minimum atomic E-state index is -0.339. The summed E-state index contributed by atoms with van der Waals surface area (Å²) in [5, 5.41) is 0. The minimum Gasteiger partial charge on any atom is -0.493 e. The molecule has 0 saturated heterocycles. The molecule has 0 aliphatic heterocycles. The van der Waals surface area contributed by atoms with Gasteiger partial charge in [0.25, 0.3) is 5.91 Å². The first-order chi connectivity index (χ1) is 12.5. The predicted molar refractivity (Wildman–Crippen MR) is 101 cm³/mol. The number of rotatable bonds is 5. The molecule has 136 valence electrons. The average molecular weight is 372 g/mol. The molecule has 7 heteroatoms. The van der Waals surface area contributed by atoms with Crippen LogP contribution in [-0.2, 0) is 11.8 Å². The lowest BCUT2D eigenvalue weighted by atomic mass is 10.2. The molecule has 0 atom stereocenters. The quantitative estimate of drug-likeness (QED) is 0.691. The van der Waals surface area contributed by atoms with E-state index in [4.69, 9.17) is 14.2 Å². The van der Waals surface area contributed by atoms with E-state index in [9.17, 15) is 4.79 Å². The number of nitrogens with zero attached hydrogens (tertiary/aromatic N) is 2. The van der Waals surface area contributed by atoms with Crippen molar-refractivity contribution in [2.75, 3.05) is 20.8 Å². The average Bonchev–Trinajstić information content (AvgIpc) is 2.94. The molecular formula is C19H20N2O4S. The molecule has 3 rings (SSSR count). The number of carbonyl (C=O) groups excluding carboxylic acids is 1. The minimum absolute atomic E-state index is 0.105. The lowest BCUT2D eigenvalue weighted by Crippen LogP contribution is -2.17. The van der Waals surface area contributed by atoms with Crippen molar-refractivity contribution in [3.63, 3.8) is 0 Å². The fourth-order valence-corrected chi connectivity index (χ4v) is 3.60. The first-order valence-electron chi connectivity index (χ1n) is 8.01. The maximum Gasteiger partial charge on any atom is 0.286 e. The van der Waals surface area contributed by atoms with Crippen molar-refractivity contribution < 1.29 is 19.0 Å². The zero-order valence-electron chi connectivity index (χ0n) is 15.1. The number of hydrogen-bond acceptors (Lipinski definition) is 5. The van der Waals surface area contributed by atoms with Crippen molar-refractivity contribution in [3.8, 4) is 17.2 Å². The number of aryl methyl sites for hydroxylation is 2. The first kappa shape index (κ1) is 18.0. The number of ether oxygens (including phenoxy) is 3. The Morgan fingerprint density at radius 1 is 1.12 bits per heavy atom. The van der Waals surface area contributed by atoms with Crippen molar-refractivity contribution in [2.45, 2.75) is 6.92 Å². The topological polar surface area (TPSA) is 62.0 Å². The number of hydrogen-bond donors (Lipinski definition) is 0. The molecule has 0 bridgehead atoms. The Bertz CT molecular complexity index is 1020. The van der Waals surface area contributed by atoms with Gasteiger partial charge in [-0.15, -0.1) is 0 Å². The highest BCUT2D eigenvalue weighted by molar-refractivity contribution is 7.16. The summed E-state index contributed by atoms with van der Waals surface area (Å²) in [6.45, 7) is 1.83. The van der Waals surface area contributed by atoms with Gasteiger partial charge in [-0.05, 0) is 18.6 Å². The highest BCUT2D eigenvalue weighted by atomic mass is 32.1. The van der Waals surface area contributed by atoms with Gasteiger partial charge in [0.15, 0.2) is 22.9 Å². The van der Waals surface area contributed by atoms with E-state index in [1.807, 2.05) is 54.9 Å². The second kappa shape index (κ2) is 7.61. The summed E-state index contributed by atoms with van der Waals surface area (Å²) >= 11 is 1.41. The summed E-state index contributed by atoms with van der Waals surface area (Å²) in [7, 11) is 5.04. The van der Waals surface area contributed by atoms with Crippen LogP contribution in [0, 0.1) is 6.92 Å². The zero-order chi connectivity index (χ0) is 18.7. The number of para-hydroxylation sites is 1. The van der Waals surface area contributed by atoms with Gasteiger partial charge in [-0.25, -0.2) is 0 Å². The number of methoxy groups -OCH3 is 2.